The maximum absolute atomic E-state index is 12.3. The van der Waals surface area contributed by atoms with Crippen LogP contribution in [0.15, 0.2) is 28.9 Å². The molecule has 4 nitrogen and oxygen atoms in total. The van der Waals surface area contributed by atoms with Gasteiger partial charge < -0.3 is 9.32 Å². The van der Waals surface area contributed by atoms with Crippen molar-refractivity contribution in [2.45, 2.75) is 19.3 Å². The van der Waals surface area contributed by atoms with Crippen molar-refractivity contribution in [1.29, 1.82) is 0 Å². The first-order valence-corrected chi connectivity index (χ1v) is 7.61. The van der Waals surface area contributed by atoms with Gasteiger partial charge in [0.2, 0.25) is 5.89 Å². The predicted octanol–water partition coefficient (Wildman–Crippen LogP) is 4.27. The lowest BCUT2D eigenvalue weighted by Gasteiger charge is -2.25. The quantitative estimate of drug-likeness (QED) is 0.828. The van der Waals surface area contributed by atoms with Crippen molar-refractivity contribution in [3.05, 3.63) is 40.2 Å². The van der Waals surface area contributed by atoms with E-state index in [0.717, 1.165) is 25.9 Å². The standard InChI is InChI=1S/C15H14Cl2N2O2/c16-11-5-4-10(8-12(11)17)14-18-13(9-21-14)15(20)19-6-2-1-3-7-19/h4-5,8-9H,1-3,6-7H2. The number of carbonyl (C=O) groups excluding carboxylic acids is 1. The minimum absolute atomic E-state index is 0.0789. The van der Waals surface area contributed by atoms with Crippen LogP contribution in [0.25, 0.3) is 11.5 Å². The molecule has 1 aliphatic rings. The fraction of sp³-hybridized carbons (Fsp3) is 0.333. The lowest BCUT2D eigenvalue weighted by molar-refractivity contribution is 0.0718. The maximum Gasteiger partial charge on any atom is 0.275 e. The van der Waals surface area contributed by atoms with Crippen LogP contribution >= 0.6 is 23.2 Å². The molecule has 0 aliphatic carbocycles. The predicted molar refractivity (Wildman–Crippen MR) is 81.7 cm³/mol. The molecule has 1 aromatic carbocycles. The average Bonchev–Trinajstić information content (AvgIpc) is 3.00. The molecule has 1 aliphatic heterocycles. The number of piperidine rings is 1. The summed E-state index contributed by atoms with van der Waals surface area (Å²) >= 11 is 11.9. The first-order chi connectivity index (χ1) is 10.1. The highest BCUT2D eigenvalue weighted by Gasteiger charge is 2.21. The van der Waals surface area contributed by atoms with Gasteiger partial charge in [-0.3, -0.25) is 4.79 Å². The lowest BCUT2D eigenvalue weighted by atomic mass is 10.1. The molecule has 1 amide bonds. The van der Waals surface area contributed by atoms with E-state index in [9.17, 15) is 4.79 Å². The summed E-state index contributed by atoms with van der Waals surface area (Å²) in [4.78, 5) is 18.4. The Morgan fingerprint density at radius 3 is 2.62 bits per heavy atom. The summed E-state index contributed by atoms with van der Waals surface area (Å²) in [7, 11) is 0. The van der Waals surface area contributed by atoms with Crippen molar-refractivity contribution in [1.82, 2.24) is 9.88 Å². The van der Waals surface area contributed by atoms with E-state index < -0.39 is 0 Å². The molecule has 1 aromatic heterocycles. The topological polar surface area (TPSA) is 46.3 Å². The molecule has 6 heteroatoms. The van der Waals surface area contributed by atoms with E-state index in [2.05, 4.69) is 4.98 Å². The van der Waals surface area contributed by atoms with E-state index in [4.69, 9.17) is 27.6 Å². The van der Waals surface area contributed by atoms with Gasteiger partial charge in [0.15, 0.2) is 5.69 Å². The molecule has 3 rings (SSSR count). The molecule has 110 valence electrons. The second-order valence-electron chi connectivity index (χ2n) is 5.02. The van der Waals surface area contributed by atoms with Crippen LogP contribution in [0, 0.1) is 0 Å². The van der Waals surface area contributed by atoms with Crippen LogP contribution in [-0.2, 0) is 0 Å². The molecule has 0 unspecified atom stereocenters. The molecule has 1 fully saturated rings. The molecule has 2 aromatic rings. The zero-order valence-corrected chi connectivity index (χ0v) is 12.8. The summed E-state index contributed by atoms with van der Waals surface area (Å²) in [6.07, 6.45) is 4.67. The van der Waals surface area contributed by atoms with Gasteiger partial charge in [-0.2, -0.15) is 0 Å². The summed E-state index contributed by atoms with van der Waals surface area (Å²) in [5, 5.41) is 0.896. The highest BCUT2D eigenvalue weighted by molar-refractivity contribution is 6.42. The van der Waals surface area contributed by atoms with Crippen molar-refractivity contribution < 1.29 is 9.21 Å². The average molecular weight is 325 g/mol. The van der Waals surface area contributed by atoms with Gasteiger partial charge in [-0.1, -0.05) is 23.2 Å². The number of nitrogens with zero attached hydrogens (tertiary/aromatic N) is 2. The van der Waals surface area contributed by atoms with E-state index in [1.807, 2.05) is 4.90 Å². The number of amides is 1. The molecule has 1 saturated heterocycles. The second-order valence-corrected chi connectivity index (χ2v) is 5.83. The van der Waals surface area contributed by atoms with Crippen molar-refractivity contribution >= 4 is 29.1 Å². The Morgan fingerprint density at radius 2 is 1.90 bits per heavy atom. The molecule has 0 atom stereocenters. The van der Waals surface area contributed by atoms with Crippen molar-refractivity contribution in [2.24, 2.45) is 0 Å². The van der Waals surface area contributed by atoms with Crippen molar-refractivity contribution in [3.8, 4) is 11.5 Å². The summed E-state index contributed by atoms with van der Waals surface area (Å²) in [6, 6.07) is 5.11. The summed E-state index contributed by atoms with van der Waals surface area (Å²) < 4.78 is 5.40. The number of rotatable bonds is 2. The monoisotopic (exact) mass is 324 g/mol. The number of halogens is 2. The fourth-order valence-electron chi connectivity index (χ4n) is 2.39. The molecule has 0 radical (unpaired) electrons. The number of oxazole rings is 1. The first-order valence-electron chi connectivity index (χ1n) is 6.85. The van der Waals surface area contributed by atoms with Gasteiger partial charge in [-0.15, -0.1) is 0 Å². The normalized spacial score (nSPS) is 15.2. The third-order valence-electron chi connectivity index (χ3n) is 3.53. The van der Waals surface area contributed by atoms with Crippen LogP contribution in [0.3, 0.4) is 0 Å². The zero-order valence-electron chi connectivity index (χ0n) is 11.3. The van der Waals surface area contributed by atoms with Crippen molar-refractivity contribution in [3.63, 3.8) is 0 Å². The fourth-order valence-corrected chi connectivity index (χ4v) is 2.69. The summed E-state index contributed by atoms with van der Waals surface area (Å²) in [5.41, 5.74) is 1.03. The van der Waals surface area contributed by atoms with Crippen LogP contribution in [0.5, 0.6) is 0 Å². The molecule has 0 N–H and O–H groups in total. The van der Waals surface area contributed by atoms with Crippen LogP contribution < -0.4 is 0 Å². The Bertz CT molecular complexity index is 663. The number of aromatic nitrogens is 1. The SMILES string of the molecule is O=C(c1coc(-c2ccc(Cl)c(Cl)c2)n1)N1CCCCC1. The molecule has 2 heterocycles. The number of likely N-dealkylation sites (tertiary alicyclic amines) is 1. The van der Waals surface area contributed by atoms with Gasteiger partial charge in [-0.25, -0.2) is 4.98 Å². The highest BCUT2D eigenvalue weighted by atomic mass is 35.5. The van der Waals surface area contributed by atoms with E-state index in [0.29, 0.717) is 27.2 Å². The number of carbonyl (C=O) groups is 1. The summed E-state index contributed by atoms with van der Waals surface area (Å²) in [6.45, 7) is 1.57. The van der Waals surface area contributed by atoms with Crippen LogP contribution in [0.2, 0.25) is 10.0 Å². The number of hydrogen-bond donors (Lipinski definition) is 0. The van der Waals surface area contributed by atoms with Gasteiger partial charge in [0.25, 0.3) is 5.91 Å². The van der Waals surface area contributed by atoms with E-state index in [-0.39, 0.29) is 5.91 Å². The molecular weight excluding hydrogens is 311 g/mol. The second kappa shape index (κ2) is 6.08. The van der Waals surface area contributed by atoms with E-state index >= 15 is 0 Å². The van der Waals surface area contributed by atoms with E-state index in [1.54, 1.807) is 18.2 Å². The Hall–Kier alpha value is -1.52. The molecule has 0 spiro atoms. The number of benzene rings is 1. The first kappa shape index (κ1) is 14.4. The van der Waals surface area contributed by atoms with Crippen LogP contribution in [0.4, 0.5) is 0 Å². The third-order valence-corrected chi connectivity index (χ3v) is 4.27. The van der Waals surface area contributed by atoms with Crippen LogP contribution in [0.1, 0.15) is 29.8 Å². The minimum Gasteiger partial charge on any atom is -0.444 e. The van der Waals surface area contributed by atoms with E-state index in [1.165, 1.54) is 12.7 Å². The largest absolute Gasteiger partial charge is 0.444 e. The molecule has 0 bridgehead atoms. The smallest absolute Gasteiger partial charge is 0.275 e. The summed E-state index contributed by atoms with van der Waals surface area (Å²) in [5.74, 6) is 0.290. The van der Waals surface area contributed by atoms with Gasteiger partial charge in [0, 0.05) is 18.7 Å². The molecule has 21 heavy (non-hydrogen) atoms. The minimum atomic E-state index is -0.0789. The van der Waals surface area contributed by atoms with Gasteiger partial charge in [-0.05, 0) is 37.5 Å². The van der Waals surface area contributed by atoms with Gasteiger partial charge in [0.1, 0.15) is 6.26 Å². The number of hydrogen-bond acceptors (Lipinski definition) is 3. The Kier molecular flexibility index (Phi) is 4.17. The Balaban J connectivity index is 1.82. The van der Waals surface area contributed by atoms with Crippen LogP contribution in [-0.4, -0.2) is 28.9 Å². The Labute approximate surface area is 132 Å². The van der Waals surface area contributed by atoms with Crippen molar-refractivity contribution in [2.75, 3.05) is 13.1 Å². The zero-order chi connectivity index (χ0) is 14.8. The third kappa shape index (κ3) is 3.06. The van der Waals surface area contributed by atoms with Gasteiger partial charge in [0.05, 0.1) is 10.0 Å². The molecule has 0 saturated carbocycles. The van der Waals surface area contributed by atoms with Gasteiger partial charge >= 0.3 is 0 Å². The lowest BCUT2D eigenvalue weighted by Crippen LogP contribution is -2.35. The molecular formula is C15H14Cl2N2O2. The Morgan fingerprint density at radius 1 is 1.14 bits per heavy atom. The highest BCUT2D eigenvalue weighted by Crippen LogP contribution is 2.28. The maximum atomic E-state index is 12.3.